The minimum absolute atomic E-state index is 0.00169. The molecule has 1 saturated heterocycles. The molecule has 3 atom stereocenters. The molecule has 2 aliphatic rings. The summed E-state index contributed by atoms with van der Waals surface area (Å²) in [5, 5.41) is 15.9. The van der Waals surface area contributed by atoms with E-state index >= 15 is 0 Å². The van der Waals surface area contributed by atoms with Crippen LogP contribution in [-0.4, -0.2) is 60.3 Å². The van der Waals surface area contributed by atoms with Crippen molar-refractivity contribution in [3.05, 3.63) is 59.4 Å². The van der Waals surface area contributed by atoms with E-state index in [-0.39, 0.29) is 36.6 Å². The van der Waals surface area contributed by atoms with E-state index in [1.807, 2.05) is 35.9 Å². The molecule has 38 heavy (non-hydrogen) atoms. The molecule has 0 unspecified atom stereocenters. The molecule has 4 heterocycles. The molecule has 2 fully saturated rings. The van der Waals surface area contributed by atoms with Gasteiger partial charge < -0.3 is 4.57 Å². The minimum atomic E-state index is -4.70. The number of halogens is 5. The van der Waals surface area contributed by atoms with Gasteiger partial charge in [-0.3, -0.25) is 10.00 Å². The molecule has 200 valence electrons. The van der Waals surface area contributed by atoms with Crippen LogP contribution in [0.2, 0.25) is 0 Å². The molecule has 3 aromatic heterocycles. The molecule has 1 aliphatic carbocycles. The highest BCUT2D eigenvalue weighted by atomic mass is 19.4. The van der Waals surface area contributed by atoms with Crippen LogP contribution in [0.15, 0.2) is 36.7 Å². The zero-order valence-electron chi connectivity index (χ0n) is 20.6. The van der Waals surface area contributed by atoms with Crippen LogP contribution in [0.4, 0.5) is 22.0 Å². The van der Waals surface area contributed by atoms with Crippen LogP contribution >= 0.6 is 0 Å². The van der Waals surface area contributed by atoms with Crippen molar-refractivity contribution in [1.82, 2.24) is 34.8 Å². The topological polar surface area (TPSA) is 75.5 Å². The van der Waals surface area contributed by atoms with Crippen LogP contribution in [0.25, 0.3) is 22.2 Å². The average Bonchev–Trinajstić information content (AvgIpc) is 3.54. The van der Waals surface area contributed by atoms with Gasteiger partial charge in [0.1, 0.15) is 35.9 Å². The summed E-state index contributed by atoms with van der Waals surface area (Å²) >= 11 is 0. The SMILES string of the molecule is Cn1cnnc1[C@@H](c1cccc(-c2n[nH]c3c(CN4C[C@@H](F)[C@H](F)C4)nc(C(F)(F)F)cc23)c1)C1CCC1. The van der Waals surface area contributed by atoms with E-state index in [2.05, 4.69) is 25.4 Å². The Hall–Kier alpha value is -3.41. The lowest BCUT2D eigenvalue weighted by Gasteiger charge is -2.33. The highest BCUT2D eigenvalue weighted by Crippen LogP contribution is 2.43. The number of hydrogen-bond acceptors (Lipinski definition) is 5. The van der Waals surface area contributed by atoms with Crippen molar-refractivity contribution in [3.8, 4) is 11.3 Å². The number of aryl methyl sites for hydroxylation is 1. The van der Waals surface area contributed by atoms with Crippen molar-refractivity contribution in [1.29, 1.82) is 0 Å². The van der Waals surface area contributed by atoms with E-state index in [4.69, 9.17) is 0 Å². The van der Waals surface area contributed by atoms with Crippen molar-refractivity contribution < 1.29 is 22.0 Å². The second-order valence-corrected chi connectivity index (χ2v) is 10.3. The summed E-state index contributed by atoms with van der Waals surface area (Å²) in [5.41, 5.74) is 1.30. The molecule has 12 heteroatoms. The zero-order valence-corrected chi connectivity index (χ0v) is 20.6. The van der Waals surface area contributed by atoms with Crippen LogP contribution in [0.1, 0.15) is 48.0 Å². The maximum absolute atomic E-state index is 13.8. The van der Waals surface area contributed by atoms with Crippen LogP contribution in [-0.2, 0) is 19.8 Å². The lowest BCUT2D eigenvalue weighted by molar-refractivity contribution is -0.141. The first-order valence-corrected chi connectivity index (χ1v) is 12.6. The van der Waals surface area contributed by atoms with Gasteiger partial charge >= 0.3 is 6.18 Å². The van der Waals surface area contributed by atoms with Crippen molar-refractivity contribution >= 4 is 10.9 Å². The van der Waals surface area contributed by atoms with E-state index in [9.17, 15) is 22.0 Å². The Morgan fingerprint density at radius 3 is 2.50 bits per heavy atom. The van der Waals surface area contributed by atoms with Gasteiger partial charge in [-0.1, -0.05) is 24.6 Å². The Kier molecular flexibility index (Phi) is 6.16. The number of benzene rings is 1. The van der Waals surface area contributed by atoms with Gasteiger partial charge in [0.2, 0.25) is 0 Å². The van der Waals surface area contributed by atoms with Gasteiger partial charge in [-0.05, 0) is 36.5 Å². The number of nitrogens with zero attached hydrogens (tertiary/aromatic N) is 6. The van der Waals surface area contributed by atoms with E-state index < -0.39 is 24.2 Å². The quantitative estimate of drug-likeness (QED) is 0.347. The molecule has 7 nitrogen and oxygen atoms in total. The highest BCUT2D eigenvalue weighted by molar-refractivity contribution is 5.94. The Balaban J connectivity index is 1.43. The lowest BCUT2D eigenvalue weighted by Crippen LogP contribution is -2.24. The summed E-state index contributed by atoms with van der Waals surface area (Å²) in [5.74, 6) is 1.24. The molecule has 1 N–H and O–H groups in total. The van der Waals surface area contributed by atoms with Crippen molar-refractivity contribution in [3.63, 3.8) is 0 Å². The van der Waals surface area contributed by atoms with Gasteiger partial charge in [0.15, 0.2) is 0 Å². The van der Waals surface area contributed by atoms with Crippen LogP contribution in [0, 0.1) is 5.92 Å². The predicted octanol–water partition coefficient (Wildman–Crippen LogP) is 5.20. The van der Waals surface area contributed by atoms with Crippen molar-refractivity contribution in [2.24, 2.45) is 13.0 Å². The number of pyridine rings is 1. The number of hydrogen-bond donors (Lipinski definition) is 1. The van der Waals surface area contributed by atoms with Gasteiger partial charge in [0.25, 0.3) is 0 Å². The lowest BCUT2D eigenvalue weighted by atomic mass is 9.72. The largest absolute Gasteiger partial charge is 0.433 e. The van der Waals surface area contributed by atoms with Gasteiger partial charge in [0.05, 0.1) is 11.2 Å². The molecule has 0 radical (unpaired) electrons. The van der Waals surface area contributed by atoms with Crippen LogP contribution in [0.5, 0.6) is 0 Å². The molecule has 0 spiro atoms. The molecular formula is C26H26F5N7. The summed E-state index contributed by atoms with van der Waals surface area (Å²) in [7, 11) is 1.90. The monoisotopic (exact) mass is 531 g/mol. The maximum Gasteiger partial charge on any atom is 0.433 e. The number of nitrogens with one attached hydrogen (secondary N) is 1. The number of fused-ring (bicyclic) bond motifs is 1. The predicted molar refractivity (Wildman–Crippen MR) is 130 cm³/mol. The average molecular weight is 532 g/mol. The molecule has 0 bridgehead atoms. The van der Waals surface area contributed by atoms with Crippen molar-refractivity contribution in [2.45, 2.75) is 50.2 Å². The first kappa shape index (κ1) is 24.9. The molecular weight excluding hydrogens is 505 g/mol. The standard InChI is InChI=1S/C26H26F5N7/c1-37-13-32-36-25(37)22(14-4-2-5-14)15-6-3-7-16(8-15)23-17-9-21(26(29,30)31)33-20(24(17)35-34-23)12-38-10-18(27)19(28)11-38/h3,6-9,13-14,18-19,22H,2,4-5,10-12H2,1H3,(H,34,35)/t18-,19-,22-/m1/s1. The fraction of sp³-hybridized carbons (Fsp3) is 0.462. The number of rotatable bonds is 6. The maximum atomic E-state index is 13.8. The van der Waals surface area contributed by atoms with Gasteiger partial charge in [-0.2, -0.15) is 18.3 Å². The van der Waals surface area contributed by atoms with Gasteiger partial charge in [0, 0.05) is 43.5 Å². The normalized spacial score (nSPS) is 21.7. The van der Waals surface area contributed by atoms with E-state index in [1.54, 1.807) is 6.33 Å². The van der Waals surface area contributed by atoms with Gasteiger partial charge in [-0.15, -0.1) is 10.2 Å². The fourth-order valence-electron chi connectivity index (χ4n) is 5.56. The Morgan fingerprint density at radius 1 is 1.11 bits per heavy atom. The minimum Gasteiger partial charge on any atom is -0.320 e. The first-order valence-electron chi connectivity index (χ1n) is 12.6. The second-order valence-electron chi connectivity index (χ2n) is 10.3. The zero-order chi connectivity index (χ0) is 26.6. The van der Waals surface area contributed by atoms with E-state index in [1.165, 1.54) is 4.90 Å². The van der Waals surface area contributed by atoms with E-state index in [0.717, 1.165) is 36.7 Å². The summed E-state index contributed by atoms with van der Waals surface area (Å²) in [6.07, 6.45) is -3.11. The summed E-state index contributed by atoms with van der Waals surface area (Å²) in [6.45, 7) is -0.526. The molecule has 1 saturated carbocycles. The third-order valence-corrected chi connectivity index (χ3v) is 7.72. The molecule has 1 aliphatic heterocycles. The number of aromatic nitrogens is 6. The fourth-order valence-corrected chi connectivity index (χ4v) is 5.56. The Labute approximate surface area is 215 Å². The Morgan fingerprint density at radius 2 is 1.87 bits per heavy atom. The van der Waals surface area contributed by atoms with Crippen LogP contribution in [0.3, 0.4) is 0 Å². The highest BCUT2D eigenvalue weighted by Gasteiger charge is 2.37. The molecule has 4 aromatic rings. The van der Waals surface area contributed by atoms with Gasteiger partial charge in [-0.25, -0.2) is 13.8 Å². The second kappa shape index (κ2) is 9.40. The number of alkyl halides is 5. The Bertz CT molecular complexity index is 1450. The molecule has 6 rings (SSSR count). The van der Waals surface area contributed by atoms with Crippen LogP contribution < -0.4 is 0 Å². The summed E-state index contributed by atoms with van der Waals surface area (Å²) in [6, 6.07) is 8.60. The number of H-pyrrole nitrogens is 1. The number of aromatic amines is 1. The summed E-state index contributed by atoms with van der Waals surface area (Å²) in [4.78, 5) is 5.26. The molecule has 1 aromatic carbocycles. The smallest absolute Gasteiger partial charge is 0.320 e. The summed E-state index contributed by atoms with van der Waals surface area (Å²) < 4.78 is 70.9. The van der Waals surface area contributed by atoms with E-state index in [0.29, 0.717) is 22.7 Å². The molecule has 0 amide bonds. The third kappa shape index (κ3) is 4.44. The first-order chi connectivity index (χ1) is 18.2. The third-order valence-electron chi connectivity index (χ3n) is 7.72. The number of likely N-dealkylation sites (tertiary alicyclic amines) is 1. The van der Waals surface area contributed by atoms with Crippen molar-refractivity contribution in [2.75, 3.05) is 13.1 Å².